The van der Waals surface area contributed by atoms with E-state index < -0.39 is 113 Å². The Morgan fingerprint density at radius 1 is 0.857 bits per heavy atom. The number of aliphatic hydroxyl groups excluding tert-OH is 2. The minimum Gasteiger partial charge on any atom is -0.460 e. The fourth-order valence-corrected chi connectivity index (χ4v) is 11.3. The summed E-state index contributed by atoms with van der Waals surface area (Å²) < 4.78 is 41.4. The number of allylic oxidation sites excluding steroid dienone is 5. The molecule has 3 aliphatic heterocycles. The lowest BCUT2D eigenvalue weighted by Gasteiger charge is -2.43. The third-order valence-electron chi connectivity index (χ3n) is 16.1. The maximum atomic E-state index is 14.8. The van der Waals surface area contributed by atoms with Crippen molar-refractivity contribution in [2.75, 3.05) is 27.9 Å². The number of aliphatic hydroxyl groups is 3. The Morgan fingerprint density at radius 3 is 2.23 bits per heavy atom. The normalized spacial score (nSPS) is 35.6. The molecule has 0 radical (unpaired) electrons. The molecule has 1 aromatic carbocycles. The number of amides is 1. The summed E-state index contributed by atoms with van der Waals surface area (Å²) in [7, 11) is 4.44. The molecule has 19 nitrogen and oxygen atoms in total. The van der Waals surface area contributed by atoms with Crippen LogP contribution in [-0.2, 0) is 47.6 Å². The number of benzene rings is 1. The van der Waals surface area contributed by atoms with Gasteiger partial charge >= 0.3 is 12.1 Å². The number of non-ortho nitro benzene ring substituents is 1. The summed E-state index contributed by atoms with van der Waals surface area (Å²) in [5.74, 6) is -8.49. The number of fused-ring (bicyclic) bond motifs is 3. The van der Waals surface area contributed by atoms with Gasteiger partial charge in [-0.1, -0.05) is 71.1 Å². The number of hydrogen-bond acceptors (Lipinski definition) is 17. The molecule has 428 valence electrons. The van der Waals surface area contributed by atoms with E-state index in [1.807, 2.05) is 51.2 Å². The molecule has 1 aromatic rings. The predicted octanol–water partition coefficient (Wildman–Crippen LogP) is 8.10. The molecule has 3 heterocycles. The number of esters is 1. The Hall–Kier alpha value is -5.15. The second kappa shape index (κ2) is 29.2. The molecule has 1 aliphatic carbocycles. The van der Waals surface area contributed by atoms with Crippen LogP contribution < -0.4 is 4.74 Å². The number of rotatable bonds is 9. The zero-order chi connectivity index (χ0) is 56.7. The summed E-state index contributed by atoms with van der Waals surface area (Å²) in [6.07, 6.45) is 7.51. The van der Waals surface area contributed by atoms with Crippen LogP contribution in [0.4, 0.5) is 10.5 Å². The van der Waals surface area contributed by atoms with Crippen molar-refractivity contribution in [1.29, 1.82) is 0 Å². The second-order valence-corrected chi connectivity index (χ2v) is 22.0. The summed E-state index contributed by atoms with van der Waals surface area (Å²) in [5, 5.41) is 45.9. The number of nitro benzene ring substituents is 1. The van der Waals surface area contributed by atoms with Crippen molar-refractivity contribution in [3.63, 3.8) is 0 Å². The summed E-state index contributed by atoms with van der Waals surface area (Å²) in [6.45, 7) is 12.5. The lowest BCUT2D eigenvalue weighted by Crippen LogP contribution is -2.61. The van der Waals surface area contributed by atoms with Crippen LogP contribution in [0.15, 0.2) is 71.9 Å². The van der Waals surface area contributed by atoms with Gasteiger partial charge in [0.05, 0.1) is 29.3 Å². The Kier molecular flexibility index (Phi) is 23.8. The van der Waals surface area contributed by atoms with Crippen molar-refractivity contribution in [1.82, 2.24) is 4.90 Å². The topological polar surface area (TPSA) is 257 Å². The van der Waals surface area contributed by atoms with Gasteiger partial charge in [0.25, 0.3) is 17.4 Å². The van der Waals surface area contributed by atoms with Gasteiger partial charge in [0.2, 0.25) is 5.79 Å². The molecular weight excluding hydrogens is 997 g/mol. The van der Waals surface area contributed by atoms with Gasteiger partial charge in [0.15, 0.2) is 5.78 Å². The molecule has 1 amide bonds. The third kappa shape index (κ3) is 16.9. The maximum absolute atomic E-state index is 14.8. The Morgan fingerprint density at radius 2 is 1.57 bits per heavy atom. The highest BCUT2D eigenvalue weighted by Crippen LogP contribution is 2.38. The molecule has 3 fully saturated rings. The van der Waals surface area contributed by atoms with Crippen LogP contribution in [-0.4, -0.2) is 143 Å². The van der Waals surface area contributed by atoms with Gasteiger partial charge in [-0.2, -0.15) is 0 Å². The van der Waals surface area contributed by atoms with Gasteiger partial charge < -0.3 is 53.4 Å². The summed E-state index contributed by atoms with van der Waals surface area (Å²) >= 11 is 0. The summed E-state index contributed by atoms with van der Waals surface area (Å²) in [4.78, 5) is 83.5. The van der Waals surface area contributed by atoms with E-state index in [0.717, 1.165) is 22.6 Å². The van der Waals surface area contributed by atoms with E-state index >= 15 is 0 Å². The molecule has 0 unspecified atom stereocenters. The molecule has 2 bridgehead atoms. The Balaban J connectivity index is 1.57. The van der Waals surface area contributed by atoms with Crippen molar-refractivity contribution in [3.05, 3.63) is 82.0 Å². The van der Waals surface area contributed by atoms with Crippen LogP contribution >= 0.6 is 0 Å². The van der Waals surface area contributed by atoms with Gasteiger partial charge in [-0.15, -0.1) is 0 Å². The smallest absolute Gasteiger partial charge is 0.460 e. The highest BCUT2D eigenvalue weighted by Gasteiger charge is 2.53. The average molecular weight is 1080 g/mol. The number of carbonyl (C=O) groups excluding carboxylic acids is 5. The number of ether oxygens (including phenoxy) is 7. The molecule has 77 heavy (non-hydrogen) atoms. The van der Waals surface area contributed by atoms with Crippen LogP contribution in [0.1, 0.15) is 126 Å². The zero-order valence-electron chi connectivity index (χ0n) is 46.6. The van der Waals surface area contributed by atoms with E-state index in [9.17, 15) is 49.4 Å². The average Bonchev–Trinajstić information content (AvgIpc) is 3.41. The number of nitrogens with zero attached hydrogens (tertiary/aromatic N) is 2. The van der Waals surface area contributed by atoms with Gasteiger partial charge in [-0.25, -0.2) is 9.59 Å². The molecule has 19 heteroatoms. The highest BCUT2D eigenvalue weighted by atomic mass is 16.7. The Labute approximate surface area is 453 Å². The number of hydrogen-bond donors (Lipinski definition) is 3. The Bertz CT molecular complexity index is 2300. The fraction of sp³-hybridized carbons (Fsp3) is 0.672. The number of nitro groups is 1. The van der Waals surface area contributed by atoms with Gasteiger partial charge in [-0.05, 0) is 119 Å². The molecular formula is C58H84N2O17. The second-order valence-electron chi connectivity index (χ2n) is 22.0. The molecule has 5 rings (SSSR count). The third-order valence-corrected chi connectivity index (χ3v) is 16.1. The molecule has 1 saturated carbocycles. The summed E-state index contributed by atoms with van der Waals surface area (Å²) in [6, 6.07) is 3.57. The van der Waals surface area contributed by atoms with E-state index in [4.69, 9.17) is 33.2 Å². The van der Waals surface area contributed by atoms with E-state index in [0.29, 0.717) is 63.4 Å². The van der Waals surface area contributed by atoms with Crippen LogP contribution in [0.25, 0.3) is 0 Å². The van der Waals surface area contributed by atoms with Crippen LogP contribution in [0, 0.1) is 45.6 Å². The molecule has 0 aromatic heterocycles. The number of Topliss-reactive ketones (excluding diaryl/α,β-unsaturated/α-hetero) is 2. The van der Waals surface area contributed by atoms with Crippen LogP contribution in [0.3, 0.4) is 0 Å². The number of piperidine rings is 1. The van der Waals surface area contributed by atoms with Crippen molar-refractivity contribution in [3.8, 4) is 5.75 Å². The minimum absolute atomic E-state index is 0.0149. The van der Waals surface area contributed by atoms with Crippen molar-refractivity contribution in [2.45, 2.75) is 186 Å². The van der Waals surface area contributed by atoms with Crippen LogP contribution in [0.2, 0.25) is 0 Å². The SMILES string of the molecule is CO[C@H]1C[C@@H]2CC[C@@H](C)[C@@](O)(O2)C(=O)C(=O)N2CCCC[C@H]2C(=O)O[C@H]([C@H](C)C[C@@H]2CC[C@@H](O)[C@H](OC)C2)C[C@@H](OC(=O)Oc2ccc([N+](=O)[O-])cc2)[C@H](C)/C=C(\C)[C@@H](O)[C@@H](OC)C(=O)[C@H](C)C[C@H](C)/C=C/C=CC=C1C. The number of cyclic esters (lactones) is 1. The summed E-state index contributed by atoms with van der Waals surface area (Å²) in [5.41, 5.74) is 0.939. The minimum atomic E-state index is -2.50. The lowest BCUT2D eigenvalue weighted by atomic mass is 9.78. The zero-order valence-corrected chi connectivity index (χ0v) is 46.6. The largest absolute Gasteiger partial charge is 0.514 e. The van der Waals surface area contributed by atoms with E-state index in [-0.39, 0.29) is 54.9 Å². The molecule has 0 spiro atoms. The first-order valence-electron chi connectivity index (χ1n) is 27.3. The van der Waals surface area contributed by atoms with Crippen molar-refractivity contribution < 1.29 is 77.4 Å². The monoisotopic (exact) mass is 1080 g/mol. The molecule has 4 aliphatic rings. The maximum Gasteiger partial charge on any atom is 0.514 e. The van der Waals surface area contributed by atoms with Crippen LogP contribution in [0.5, 0.6) is 5.75 Å². The first-order valence-corrected chi connectivity index (χ1v) is 27.3. The van der Waals surface area contributed by atoms with E-state index in [2.05, 4.69) is 0 Å². The standard InChI is InChI=1S/C58H84N2O17/c1-34-16-12-11-13-17-35(2)47(71-8)32-44-23-19-40(7)58(68,77-44)54(64)55(65)59-27-15-14-18-45(59)56(66)75-48(37(4)30-41-20-26-46(61)50(31-41)72-9)33-49(76-57(67)74-43-24-21-42(22-25-43)60(69)70)36(3)29-39(6)52(63)53(73-10)51(62)38(5)28-34/h11-13,16-17,21-22,24-25,29,34,36-38,40-41,44-50,52-53,61,63,68H,14-15,18-20,23,26-28,30-33H2,1-10H3/b13-11?,16-12+,35-17?,39-29+/t34-,36-,37-,38-,40-,41+,44+,45+,46-,47+,48+,49-,50-,52-,53+,58-/m1/s1. The van der Waals surface area contributed by atoms with Crippen molar-refractivity contribution >= 4 is 35.3 Å². The van der Waals surface area contributed by atoms with Crippen molar-refractivity contribution in [2.24, 2.45) is 35.5 Å². The molecule has 3 N–H and O–H groups in total. The van der Waals surface area contributed by atoms with E-state index in [1.54, 1.807) is 40.9 Å². The fourth-order valence-electron chi connectivity index (χ4n) is 11.3. The molecule has 2 saturated heterocycles. The first kappa shape index (κ1) is 62.7. The number of ketones is 2. The lowest BCUT2D eigenvalue weighted by molar-refractivity contribution is -0.384. The number of carbonyl (C=O) groups is 5. The predicted molar refractivity (Wildman–Crippen MR) is 284 cm³/mol. The highest BCUT2D eigenvalue weighted by molar-refractivity contribution is 6.39. The quantitative estimate of drug-likeness (QED) is 0.0527. The number of methoxy groups -OCH3 is 3. The first-order chi connectivity index (χ1) is 36.5. The van der Waals surface area contributed by atoms with Gasteiger partial charge in [-0.3, -0.25) is 24.5 Å². The van der Waals surface area contributed by atoms with Gasteiger partial charge in [0.1, 0.15) is 36.2 Å². The van der Waals surface area contributed by atoms with Gasteiger partial charge in [0, 0.05) is 70.6 Å². The van der Waals surface area contributed by atoms with E-state index in [1.165, 1.54) is 26.4 Å². The molecule has 16 atom stereocenters.